The fourth-order valence-electron chi connectivity index (χ4n) is 1.88. The third-order valence-corrected chi connectivity index (χ3v) is 4.02. The van der Waals surface area contributed by atoms with Crippen LogP contribution in [0.3, 0.4) is 0 Å². The first-order chi connectivity index (χ1) is 9.51. The van der Waals surface area contributed by atoms with Gasteiger partial charge in [0, 0.05) is 17.1 Å². The number of amides is 1. The highest BCUT2D eigenvalue weighted by Gasteiger charge is 2.14. The highest BCUT2D eigenvalue weighted by molar-refractivity contribution is 7.15. The average Bonchev–Trinajstić information content (AvgIpc) is 2.70. The zero-order valence-corrected chi connectivity index (χ0v) is 13.0. The zero-order chi connectivity index (χ0) is 14.7. The third-order valence-electron chi connectivity index (χ3n) is 3.04. The molecule has 0 spiro atoms. The zero-order valence-electron chi connectivity index (χ0n) is 12.2. The van der Waals surface area contributed by atoms with Crippen LogP contribution in [0.2, 0.25) is 0 Å². The highest BCUT2D eigenvalue weighted by Crippen LogP contribution is 2.23. The van der Waals surface area contributed by atoms with Gasteiger partial charge < -0.3 is 5.32 Å². The Bertz CT molecular complexity index is 615. The summed E-state index contributed by atoms with van der Waals surface area (Å²) in [6, 6.07) is 5.82. The number of anilines is 2. The Balaban J connectivity index is 2.26. The Labute approximate surface area is 123 Å². The molecule has 0 aliphatic rings. The van der Waals surface area contributed by atoms with E-state index in [9.17, 15) is 4.79 Å². The van der Waals surface area contributed by atoms with Gasteiger partial charge in [0.25, 0.3) is 5.91 Å². The minimum atomic E-state index is -0.126. The molecule has 0 unspecified atom stereocenters. The molecule has 0 fully saturated rings. The summed E-state index contributed by atoms with van der Waals surface area (Å²) < 4.78 is 0. The van der Waals surface area contributed by atoms with Crippen molar-refractivity contribution in [3.05, 3.63) is 39.9 Å². The van der Waals surface area contributed by atoms with E-state index in [2.05, 4.69) is 15.6 Å². The molecule has 0 bridgehead atoms. The van der Waals surface area contributed by atoms with Crippen LogP contribution < -0.4 is 10.6 Å². The van der Waals surface area contributed by atoms with Crippen molar-refractivity contribution in [2.24, 2.45) is 0 Å². The van der Waals surface area contributed by atoms with Crippen molar-refractivity contribution in [3.63, 3.8) is 0 Å². The van der Waals surface area contributed by atoms with Crippen molar-refractivity contribution in [2.45, 2.75) is 27.7 Å². The van der Waals surface area contributed by atoms with Crippen molar-refractivity contribution < 1.29 is 4.79 Å². The molecule has 2 rings (SSSR count). The standard InChI is InChI=1S/C15H19N3OS/c1-5-16-13-7-6-9(2)8-12(13)14(19)18-15-17-10(3)11(4)20-15/h6-8,16H,5H2,1-4H3,(H,17,18,19). The summed E-state index contributed by atoms with van der Waals surface area (Å²) in [6.45, 7) is 8.70. The maximum Gasteiger partial charge on any atom is 0.259 e. The lowest BCUT2D eigenvalue weighted by atomic mass is 10.1. The van der Waals surface area contributed by atoms with Crippen molar-refractivity contribution in [1.29, 1.82) is 0 Å². The van der Waals surface area contributed by atoms with Gasteiger partial charge in [0.15, 0.2) is 5.13 Å². The van der Waals surface area contributed by atoms with E-state index in [0.717, 1.165) is 28.4 Å². The summed E-state index contributed by atoms with van der Waals surface area (Å²) in [4.78, 5) is 17.9. The van der Waals surface area contributed by atoms with Crippen LogP contribution in [0.5, 0.6) is 0 Å². The molecule has 0 saturated carbocycles. The predicted octanol–water partition coefficient (Wildman–Crippen LogP) is 3.75. The third kappa shape index (κ3) is 3.17. The molecule has 0 aliphatic heterocycles. The fourth-order valence-corrected chi connectivity index (χ4v) is 2.69. The van der Waals surface area contributed by atoms with Crippen LogP contribution in [-0.2, 0) is 0 Å². The fraction of sp³-hybridized carbons (Fsp3) is 0.333. The second-order valence-corrected chi connectivity index (χ2v) is 5.90. The first-order valence-corrected chi connectivity index (χ1v) is 7.42. The van der Waals surface area contributed by atoms with E-state index in [1.54, 1.807) is 0 Å². The number of aromatic nitrogens is 1. The smallest absolute Gasteiger partial charge is 0.259 e. The van der Waals surface area contributed by atoms with Crippen LogP contribution in [0.1, 0.15) is 33.4 Å². The molecule has 0 radical (unpaired) electrons. The van der Waals surface area contributed by atoms with Crippen LogP contribution in [-0.4, -0.2) is 17.4 Å². The number of nitrogens with zero attached hydrogens (tertiary/aromatic N) is 1. The largest absolute Gasteiger partial charge is 0.385 e. The normalized spacial score (nSPS) is 10.4. The van der Waals surface area contributed by atoms with Crippen molar-refractivity contribution in [2.75, 3.05) is 17.2 Å². The van der Waals surface area contributed by atoms with Crippen LogP contribution >= 0.6 is 11.3 Å². The second kappa shape index (κ2) is 6.05. The van der Waals surface area contributed by atoms with Gasteiger partial charge in [0.1, 0.15) is 0 Å². The Morgan fingerprint density at radius 3 is 2.65 bits per heavy atom. The van der Waals surface area contributed by atoms with Gasteiger partial charge in [-0.2, -0.15) is 0 Å². The van der Waals surface area contributed by atoms with Gasteiger partial charge in [0.05, 0.1) is 11.3 Å². The molecule has 0 saturated heterocycles. The van der Waals surface area contributed by atoms with Gasteiger partial charge in [-0.3, -0.25) is 10.1 Å². The summed E-state index contributed by atoms with van der Waals surface area (Å²) in [5.74, 6) is -0.126. The second-order valence-electron chi connectivity index (χ2n) is 4.69. The first kappa shape index (κ1) is 14.5. The Kier molecular flexibility index (Phi) is 4.39. The average molecular weight is 289 g/mol. The van der Waals surface area contributed by atoms with Crippen molar-refractivity contribution in [3.8, 4) is 0 Å². The van der Waals surface area contributed by atoms with E-state index in [4.69, 9.17) is 0 Å². The minimum Gasteiger partial charge on any atom is -0.385 e. The van der Waals surface area contributed by atoms with E-state index < -0.39 is 0 Å². The molecule has 5 heteroatoms. The summed E-state index contributed by atoms with van der Waals surface area (Å²) >= 11 is 1.50. The van der Waals surface area contributed by atoms with E-state index in [0.29, 0.717) is 10.7 Å². The number of nitrogens with one attached hydrogen (secondary N) is 2. The molecule has 1 aromatic heterocycles. The Morgan fingerprint density at radius 2 is 2.05 bits per heavy atom. The SMILES string of the molecule is CCNc1ccc(C)cc1C(=O)Nc1nc(C)c(C)s1. The van der Waals surface area contributed by atoms with E-state index in [1.807, 2.05) is 45.9 Å². The number of thiazole rings is 1. The first-order valence-electron chi connectivity index (χ1n) is 6.61. The van der Waals surface area contributed by atoms with Crippen molar-refractivity contribution >= 4 is 28.1 Å². The number of benzene rings is 1. The molecule has 0 atom stereocenters. The number of hydrogen-bond donors (Lipinski definition) is 2. The molecule has 1 heterocycles. The summed E-state index contributed by atoms with van der Waals surface area (Å²) in [6.07, 6.45) is 0. The lowest BCUT2D eigenvalue weighted by Gasteiger charge is -2.11. The van der Waals surface area contributed by atoms with E-state index in [-0.39, 0.29) is 5.91 Å². The maximum absolute atomic E-state index is 12.4. The van der Waals surface area contributed by atoms with Gasteiger partial charge in [-0.05, 0) is 39.8 Å². The quantitative estimate of drug-likeness (QED) is 0.901. The number of carbonyl (C=O) groups excluding carboxylic acids is 1. The summed E-state index contributed by atoms with van der Waals surface area (Å²) in [5.41, 5.74) is 3.52. The minimum absolute atomic E-state index is 0.126. The van der Waals surface area contributed by atoms with Crippen LogP contribution in [0.25, 0.3) is 0 Å². The molecule has 0 aliphatic carbocycles. The van der Waals surface area contributed by atoms with E-state index in [1.165, 1.54) is 11.3 Å². The van der Waals surface area contributed by atoms with Gasteiger partial charge >= 0.3 is 0 Å². The molecule has 2 aromatic rings. The van der Waals surface area contributed by atoms with Crippen LogP contribution in [0.4, 0.5) is 10.8 Å². The Hall–Kier alpha value is -1.88. The van der Waals surface area contributed by atoms with Gasteiger partial charge in [-0.25, -0.2) is 4.98 Å². The summed E-state index contributed by atoms with van der Waals surface area (Å²) in [5, 5.41) is 6.73. The molecule has 2 N–H and O–H groups in total. The number of hydrogen-bond acceptors (Lipinski definition) is 4. The lowest BCUT2D eigenvalue weighted by Crippen LogP contribution is -2.15. The molecule has 1 aromatic carbocycles. The number of carbonyl (C=O) groups is 1. The van der Waals surface area contributed by atoms with Gasteiger partial charge in [-0.1, -0.05) is 11.6 Å². The maximum atomic E-state index is 12.4. The molecular formula is C15H19N3OS. The van der Waals surface area contributed by atoms with E-state index >= 15 is 0 Å². The van der Waals surface area contributed by atoms with Gasteiger partial charge in [-0.15, -0.1) is 11.3 Å². The summed E-state index contributed by atoms with van der Waals surface area (Å²) in [7, 11) is 0. The topological polar surface area (TPSA) is 54.0 Å². The Morgan fingerprint density at radius 1 is 1.30 bits per heavy atom. The lowest BCUT2D eigenvalue weighted by molar-refractivity contribution is 0.102. The highest BCUT2D eigenvalue weighted by atomic mass is 32.1. The van der Waals surface area contributed by atoms with Gasteiger partial charge in [0.2, 0.25) is 0 Å². The molecule has 106 valence electrons. The van der Waals surface area contributed by atoms with Crippen LogP contribution in [0, 0.1) is 20.8 Å². The molecule has 1 amide bonds. The molecular weight excluding hydrogens is 270 g/mol. The number of aryl methyl sites for hydroxylation is 3. The predicted molar refractivity (Wildman–Crippen MR) is 84.9 cm³/mol. The number of rotatable bonds is 4. The molecule has 4 nitrogen and oxygen atoms in total. The monoisotopic (exact) mass is 289 g/mol. The molecule has 20 heavy (non-hydrogen) atoms. The van der Waals surface area contributed by atoms with Crippen molar-refractivity contribution in [1.82, 2.24) is 4.98 Å². The van der Waals surface area contributed by atoms with Crippen LogP contribution in [0.15, 0.2) is 18.2 Å².